The van der Waals surface area contributed by atoms with Crippen LogP contribution in [0.5, 0.6) is 0 Å². The lowest BCUT2D eigenvalue weighted by molar-refractivity contribution is 0.0583. The highest BCUT2D eigenvalue weighted by atomic mass is 32.2. The minimum atomic E-state index is -3.30. The van der Waals surface area contributed by atoms with Crippen molar-refractivity contribution < 1.29 is 17.9 Å². The number of sulfonamides is 1. The molecule has 6 nitrogen and oxygen atoms in total. The summed E-state index contributed by atoms with van der Waals surface area (Å²) >= 11 is 0. The predicted octanol–water partition coefficient (Wildman–Crippen LogP) is 1.95. The highest BCUT2D eigenvalue weighted by Gasteiger charge is 2.17. The largest absolute Gasteiger partial charge is 0.381 e. The van der Waals surface area contributed by atoms with E-state index in [1.54, 1.807) is 36.2 Å². The molecule has 0 aliphatic carbocycles. The maximum absolute atomic E-state index is 12.4. The van der Waals surface area contributed by atoms with Crippen LogP contribution in [-0.2, 0) is 14.8 Å². The Balaban J connectivity index is 1.88. The van der Waals surface area contributed by atoms with Crippen LogP contribution in [0, 0.1) is 5.92 Å². The molecule has 0 saturated carbocycles. The lowest BCUT2D eigenvalue weighted by Crippen LogP contribution is -2.30. The van der Waals surface area contributed by atoms with Gasteiger partial charge in [0.15, 0.2) is 0 Å². The van der Waals surface area contributed by atoms with Gasteiger partial charge in [-0.1, -0.05) is 0 Å². The van der Waals surface area contributed by atoms with Gasteiger partial charge in [0, 0.05) is 38.1 Å². The zero-order chi connectivity index (χ0) is 16.9. The molecule has 0 radical (unpaired) electrons. The van der Waals surface area contributed by atoms with E-state index in [0.29, 0.717) is 23.7 Å². The Kier molecular flexibility index (Phi) is 6.01. The zero-order valence-electron chi connectivity index (χ0n) is 13.6. The Morgan fingerprint density at radius 1 is 1.26 bits per heavy atom. The number of ether oxygens (including phenoxy) is 1. The molecule has 1 N–H and O–H groups in total. The van der Waals surface area contributed by atoms with E-state index in [1.807, 2.05) is 0 Å². The van der Waals surface area contributed by atoms with E-state index < -0.39 is 10.0 Å². The van der Waals surface area contributed by atoms with Crippen molar-refractivity contribution in [3.63, 3.8) is 0 Å². The van der Waals surface area contributed by atoms with Crippen LogP contribution in [0.4, 0.5) is 5.69 Å². The third-order valence-corrected chi connectivity index (χ3v) is 4.60. The van der Waals surface area contributed by atoms with E-state index in [9.17, 15) is 13.2 Å². The summed E-state index contributed by atoms with van der Waals surface area (Å²) < 4.78 is 30.1. The molecule has 1 aromatic carbocycles. The van der Waals surface area contributed by atoms with Gasteiger partial charge >= 0.3 is 0 Å². The minimum Gasteiger partial charge on any atom is -0.381 e. The zero-order valence-corrected chi connectivity index (χ0v) is 14.4. The van der Waals surface area contributed by atoms with Gasteiger partial charge in [-0.3, -0.25) is 9.52 Å². The number of benzene rings is 1. The van der Waals surface area contributed by atoms with Crippen molar-refractivity contribution in [1.29, 1.82) is 0 Å². The second-order valence-electron chi connectivity index (χ2n) is 6.02. The molecule has 128 valence electrons. The quantitative estimate of drug-likeness (QED) is 0.859. The van der Waals surface area contributed by atoms with E-state index in [-0.39, 0.29) is 5.91 Å². The molecule has 1 heterocycles. The van der Waals surface area contributed by atoms with Gasteiger partial charge in [-0.05, 0) is 49.4 Å². The lowest BCUT2D eigenvalue weighted by atomic mass is 9.96. The van der Waals surface area contributed by atoms with Crippen LogP contribution in [0.25, 0.3) is 0 Å². The first kappa shape index (κ1) is 17.7. The minimum absolute atomic E-state index is 0.0528. The Morgan fingerprint density at radius 3 is 2.43 bits per heavy atom. The third kappa shape index (κ3) is 5.84. The number of carbonyl (C=O) groups excluding carboxylic acids is 1. The number of amides is 1. The summed E-state index contributed by atoms with van der Waals surface area (Å²) in [5, 5.41) is 0. The van der Waals surface area contributed by atoms with Crippen LogP contribution in [0.1, 0.15) is 29.6 Å². The fourth-order valence-corrected chi connectivity index (χ4v) is 3.19. The number of nitrogens with one attached hydrogen (secondary N) is 1. The molecule has 1 amide bonds. The van der Waals surface area contributed by atoms with Crippen LogP contribution in [0.3, 0.4) is 0 Å². The lowest BCUT2D eigenvalue weighted by Gasteiger charge is -2.25. The van der Waals surface area contributed by atoms with Crippen molar-refractivity contribution in [3.05, 3.63) is 29.8 Å². The van der Waals surface area contributed by atoms with Crippen molar-refractivity contribution in [2.24, 2.45) is 5.92 Å². The summed E-state index contributed by atoms with van der Waals surface area (Å²) in [6.45, 7) is 2.35. The second kappa shape index (κ2) is 7.79. The van der Waals surface area contributed by atoms with Crippen molar-refractivity contribution in [2.45, 2.75) is 19.3 Å². The average Bonchev–Trinajstić information content (AvgIpc) is 2.52. The number of hydrogen-bond donors (Lipinski definition) is 1. The van der Waals surface area contributed by atoms with Crippen molar-refractivity contribution in [2.75, 3.05) is 37.8 Å². The molecule has 0 aromatic heterocycles. The van der Waals surface area contributed by atoms with Crippen molar-refractivity contribution in [1.82, 2.24) is 4.90 Å². The summed E-state index contributed by atoms with van der Waals surface area (Å²) in [7, 11) is -1.51. The van der Waals surface area contributed by atoms with Crippen LogP contribution in [0.2, 0.25) is 0 Å². The molecule has 0 bridgehead atoms. The summed E-state index contributed by atoms with van der Waals surface area (Å²) in [6, 6.07) is 6.47. The summed E-state index contributed by atoms with van der Waals surface area (Å²) in [4.78, 5) is 14.1. The molecule has 23 heavy (non-hydrogen) atoms. The Morgan fingerprint density at radius 2 is 1.87 bits per heavy atom. The smallest absolute Gasteiger partial charge is 0.253 e. The van der Waals surface area contributed by atoms with Gasteiger partial charge in [-0.2, -0.15) is 0 Å². The van der Waals surface area contributed by atoms with Crippen LogP contribution in [0.15, 0.2) is 24.3 Å². The first-order valence-corrected chi connectivity index (χ1v) is 9.65. The molecular weight excluding hydrogens is 316 g/mol. The Labute approximate surface area is 137 Å². The van der Waals surface area contributed by atoms with Gasteiger partial charge in [0.1, 0.15) is 0 Å². The Hall–Kier alpha value is -1.60. The average molecular weight is 340 g/mol. The fraction of sp³-hybridized carbons (Fsp3) is 0.562. The van der Waals surface area contributed by atoms with Crippen molar-refractivity contribution >= 4 is 21.6 Å². The van der Waals surface area contributed by atoms with Gasteiger partial charge in [-0.15, -0.1) is 0 Å². The number of carbonyl (C=O) groups is 1. The van der Waals surface area contributed by atoms with Gasteiger partial charge in [0.25, 0.3) is 5.91 Å². The first-order chi connectivity index (χ1) is 10.8. The SMILES string of the molecule is CN(CCC1CCOCC1)C(=O)c1ccc(NS(C)(=O)=O)cc1. The van der Waals surface area contributed by atoms with E-state index >= 15 is 0 Å². The summed E-state index contributed by atoms with van der Waals surface area (Å²) in [5.41, 5.74) is 1.01. The normalized spacial score (nSPS) is 16.1. The van der Waals surface area contributed by atoms with E-state index in [0.717, 1.165) is 38.7 Å². The molecule has 1 saturated heterocycles. The van der Waals surface area contributed by atoms with Crippen LogP contribution in [-0.4, -0.2) is 52.3 Å². The number of anilines is 1. The van der Waals surface area contributed by atoms with Gasteiger partial charge < -0.3 is 9.64 Å². The van der Waals surface area contributed by atoms with Gasteiger partial charge in [0.2, 0.25) is 10.0 Å². The molecule has 1 aromatic rings. The first-order valence-electron chi connectivity index (χ1n) is 7.76. The summed E-state index contributed by atoms with van der Waals surface area (Å²) in [5.74, 6) is 0.573. The molecule has 7 heteroatoms. The number of hydrogen-bond acceptors (Lipinski definition) is 4. The monoisotopic (exact) mass is 340 g/mol. The van der Waals surface area contributed by atoms with Crippen molar-refractivity contribution in [3.8, 4) is 0 Å². The standard InChI is InChI=1S/C16H24N2O4S/c1-18(10-7-13-8-11-22-12-9-13)16(19)14-3-5-15(6-4-14)17-23(2,20)21/h3-6,13,17H,7-12H2,1-2H3. The van der Waals surface area contributed by atoms with E-state index in [2.05, 4.69) is 4.72 Å². The molecule has 2 rings (SSSR count). The number of rotatable bonds is 6. The molecule has 0 atom stereocenters. The van der Waals surface area contributed by atoms with Gasteiger partial charge in [0.05, 0.1) is 6.26 Å². The fourth-order valence-electron chi connectivity index (χ4n) is 2.63. The maximum atomic E-state index is 12.4. The Bertz CT molecular complexity index is 622. The molecule has 1 fully saturated rings. The van der Waals surface area contributed by atoms with Gasteiger partial charge in [-0.25, -0.2) is 8.42 Å². The molecule has 0 spiro atoms. The topological polar surface area (TPSA) is 75.7 Å². The van der Waals surface area contributed by atoms with E-state index in [4.69, 9.17) is 4.74 Å². The highest BCUT2D eigenvalue weighted by molar-refractivity contribution is 7.92. The van der Waals surface area contributed by atoms with Crippen LogP contribution >= 0.6 is 0 Å². The number of nitrogens with zero attached hydrogens (tertiary/aromatic N) is 1. The molecular formula is C16H24N2O4S. The molecule has 0 unspecified atom stereocenters. The highest BCUT2D eigenvalue weighted by Crippen LogP contribution is 2.19. The van der Waals surface area contributed by atoms with Crippen LogP contribution < -0.4 is 4.72 Å². The molecule has 1 aliphatic rings. The third-order valence-electron chi connectivity index (χ3n) is 4.00. The molecule has 1 aliphatic heterocycles. The van der Waals surface area contributed by atoms with E-state index in [1.165, 1.54) is 0 Å². The summed E-state index contributed by atoms with van der Waals surface area (Å²) in [6.07, 6.45) is 4.21. The predicted molar refractivity (Wildman–Crippen MR) is 90.0 cm³/mol. The second-order valence-corrected chi connectivity index (χ2v) is 7.77. The maximum Gasteiger partial charge on any atom is 0.253 e.